The number of carbonyl (C=O) groups excluding carboxylic acids is 1. The Morgan fingerprint density at radius 2 is 2.05 bits per heavy atom. The maximum atomic E-state index is 12.4. The number of amides is 1. The third-order valence-corrected chi connectivity index (χ3v) is 4.08. The molecular formula is C15H9BrClN3O. The summed E-state index contributed by atoms with van der Waals surface area (Å²) in [7, 11) is 0. The zero-order chi connectivity index (χ0) is 14.8. The quantitative estimate of drug-likeness (QED) is 0.692. The van der Waals surface area contributed by atoms with Gasteiger partial charge in [0.15, 0.2) is 0 Å². The van der Waals surface area contributed by atoms with E-state index >= 15 is 0 Å². The number of carbonyl (C=O) groups is 1. The van der Waals surface area contributed by atoms with Gasteiger partial charge in [-0.15, -0.1) is 0 Å². The SMILES string of the molecule is O=C(Nc1cnc(Cl)c(Br)c1)c1cccc2ncccc12. The van der Waals surface area contributed by atoms with Crippen LogP contribution in [0, 0.1) is 0 Å². The number of hydrogen-bond acceptors (Lipinski definition) is 3. The minimum Gasteiger partial charge on any atom is -0.321 e. The lowest BCUT2D eigenvalue weighted by atomic mass is 10.1. The fraction of sp³-hybridized carbons (Fsp3) is 0. The maximum Gasteiger partial charge on any atom is 0.256 e. The molecule has 2 heterocycles. The summed E-state index contributed by atoms with van der Waals surface area (Å²) in [4.78, 5) is 20.6. The van der Waals surface area contributed by atoms with Crippen molar-refractivity contribution < 1.29 is 4.79 Å². The van der Waals surface area contributed by atoms with Gasteiger partial charge >= 0.3 is 0 Å². The molecule has 1 N–H and O–H groups in total. The van der Waals surface area contributed by atoms with Crippen molar-refractivity contribution >= 4 is 50.0 Å². The topological polar surface area (TPSA) is 54.9 Å². The second kappa shape index (κ2) is 5.79. The predicted molar refractivity (Wildman–Crippen MR) is 86.6 cm³/mol. The van der Waals surface area contributed by atoms with Gasteiger partial charge in [-0.1, -0.05) is 23.7 Å². The Balaban J connectivity index is 1.95. The molecule has 0 saturated heterocycles. The van der Waals surface area contributed by atoms with E-state index in [0.717, 1.165) is 10.9 Å². The number of nitrogens with zero attached hydrogens (tertiary/aromatic N) is 2. The summed E-state index contributed by atoms with van der Waals surface area (Å²) in [6.45, 7) is 0. The highest BCUT2D eigenvalue weighted by atomic mass is 79.9. The fourth-order valence-electron chi connectivity index (χ4n) is 1.99. The highest BCUT2D eigenvalue weighted by Gasteiger charge is 2.11. The molecular weight excluding hydrogens is 354 g/mol. The Bertz CT molecular complexity index is 833. The Morgan fingerprint density at radius 3 is 2.86 bits per heavy atom. The number of halogens is 2. The molecule has 0 saturated carbocycles. The van der Waals surface area contributed by atoms with Crippen molar-refractivity contribution in [2.24, 2.45) is 0 Å². The summed E-state index contributed by atoms with van der Waals surface area (Å²) in [5.74, 6) is -0.218. The number of benzene rings is 1. The van der Waals surface area contributed by atoms with E-state index in [2.05, 4.69) is 31.2 Å². The van der Waals surface area contributed by atoms with Crippen LogP contribution in [-0.2, 0) is 0 Å². The molecule has 0 fully saturated rings. The Hall–Kier alpha value is -1.98. The van der Waals surface area contributed by atoms with Gasteiger partial charge in [0.2, 0.25) is 0 Å². The van der Waals surface area contributed by atoms with E-state index in [4.69, 9.17) is 11.6 Å². The van der Waals surface area contributed by atoms with E-state index in [-0.39, 0.29) is 5.91 Å². The van der Waals surface area contributed by atoms with E-state index in [1.165, 1.54) is 6.20 Å². The van der Waals surface area contributed by atoms with Crippen LogP contribution in [0.25, 0.3) is 10.9 Å². The first-order valence-electron chi connectivity index (χ1n) is 6.11. The number of anilines is 1. The van der Waals surface area contributed by atoms with Gasteiger partial charge in [-0.2, -0.15) is 0 Å². The molecule has 2 aromatic heterocycles. The van der Waals surface area contributed by atoms with Crippen molar-refractivity contribution in [1.29, 1.82) is 0 Å². The number of pyridine rings is 2. The second-order valence-electron chi connectivity index (χ2n) is 4.33. The van der Waals surface area contributed by atoms with Crippen LogP contribution in [0.1, 0.15) is 10.4 Å². The summed E-state index contributed by atoms with van der Waals surface area (Å²) >= 11 is 9.11. The zero-order valence-corrected chi connectivity index (χ0v) is 13.0. The molecule has 3 rings (SSSR count). The van der Waals surface area contributed by atoms with Crippen molar-refractivity contribution in [2.45, 2.75) is 0 Å². The molecule has 104 valence electrons. The molecule has 3 aromatic rings. The average Bonchev–Trinajstić information content (AvgIpc) is 2.50. The molecule has 0 aliphatic heterocycles. The molecule has 21 heavy (non-hydrogen) atoms. The number of fused-ring (bicyclic) bond motifs is 1. The Morgan fingerprint density at radius 1 is 1.19 bits per heavy atom. The standard InChI is InChI=1S/C15H9BrClN3O/c16-12-7-9(8-19-14(12)17)20-15(21)11-3-1-5-13-10(11)4-2-6-18-13/h1-8H,(H,20,21). The molecule has 0 radical (unpaired) electrons. The van der Waals surface area contributed by atoms with Crippen LogP contribution in [0.3, 0.4) is 0 Å². The summed E-state index contributed by atoms with van der Waals surface area (Å²) < 4.78 is 0.626. The zero-order valence-electron chi connectivity index (χ0n) is 10.7. The van der Waals surface area contributed by atoms with Gasteiger partial charge in [-0.25, -0.2) is 4.98 Å². The molecule has 0 unspecified atom stereocenters. The largest absolute Gasteiger partial charge is 0.321 e. The van der Waals surface area contributed by atoms with E-state index in [1.807, 2.05) is 12.1 Å². The van der Waals surface area contributed by atoms with Gasteiger partial charge in [0.05, 0.1) is 21.9 Å². The molecule has 0 atom stereocenters. The van der Waals surface area contributed by atoms with Gasteiger partial charge < -0.3 is 5.32 Å². The van der Waals surface area contributed by atoms with Crippen LogP contribution in [0.2, 0.25) is 5.15 Å². The van der Waals surface area contributed by atoms with Gasteiger partial charge in [0, 0.05) is 17.1 Å². The van der Waals surface area contributed by atoms with Crippen LogP contribution in [-0.4, -0.2) is 15.9 Å². The Labute approximate surface area is 134 Å². The molecule has 0 aliphatic rings. The number of rotatable bonds is 2. The summed E-state index contributed by atoms with van der Waals surface area (Å²) in [6, 6.07) is 10.8. The second-order valence-corrected chi connectivity index (χ2v) is 5.54. The van der Waals surface area contributed by atoms with Gasteiger partial charge in [-0.05, 0) is 40.2 Å². The lowest BCUT2D eigenvalue weighted by Gasteiger charge is -2.08. The van der Waals surface area contributed by atoms with Crippen molar-refractivity contribution in [3.05, 3.63) is 64.0 Å². The van der Waals surface area contributed by atoms with Gasteiger partial charge in [0.1, 0.15) is 5.15 Å². The molecule has 0 aliphatic carbocycles. The molecule has 6 heteroatoms. The predicted octanol–water partition coefficient (Wildman–Crippen LogP) is 4.30. The van der Waals surface area contributed by atoms with E-state index in [0.29, 0.717) is 20.9 Å². The first-order valence-corrected chi connectivity index (χ1v) is 7.28. The molecule has 1 aromatic carbocycles. The summed E-state index contributed by atoms with van der Waals surface area (Å²) in [5.41, 5.74) is 1.91. The van der Waals surface area contributed by atoms with Crippen LogP contribution >= 0.6 is 27.5 Å². The lowest BCUT2D eigenvalue weighted by Crippen LogP contribution is -2.12. The van der Waals surface area contributed by atoms with Gasteiger partial charge in [0.25, 0.3) is 5.91 Å². The van der Waals surface area contributed by atoms with Crippen molar-refractivity contribution in [2.75, 3.05) is 5.32 Å². The number of aromatic nitrogens is 2. The number of nitrogens with one attached hydrogen (secondary N) is 1. The summed E-state index contributed by atoms with van der Waals surface area (Å²) in [6.07, 6.45) is 3.21. The monoisotopic (exact) mass is 361 g/mol. The van der Waals surface area contributed by atoms with E-state index in [9.17, 15) is 4.79 Å². The smallest absolute Gasteiger partial charge is 0.256 e. The minimum atomic E-state index is -0.218. The average molecular weight is 363 g/mol. The maximum absolute atomic E-state index is 12.4. The van der Waals surface area contributed by atoms with E-state index < -0.39 is 0 Å². The first-order chi connectivity index (χ1) is 10.1. The first kappa shape index (κ1) is 14.0. The molecule has 4 nitrogen and oxygen atoms in total. The molecule has 0 bridgehead atoms. The lowest BCUT2D eigenvalue weighted by molar-refractivity contribution is 0.102. The Kier molecular flexibility index (Phi) is 3.86. The van der Waals surface area contributed by atoms with Crippen LogP contribution in [0.15, 0.2) is 53.3 Å². The normalized spacial score (nSPS) is 10.6. The van der Waals surface area contributed by atoms with Crippen LogP contribution in [0.5, 0.6) is 0 Å². The highest BCUT2D eigenvalue weighted by Crippen LogP contribution is 2.24. The van der Waals surface area contributed by atoms with Crippen LogP contribution < -0.4 is 5.32 Å². The summed E-state index contributed by atoms with van der Waals surface area (Å²) in [5, 5.41) is 3.95. The molecule has 1 amide bonds. The number of hydrogen-bond donors (Lipinski definition) is 1. The van der Waals surface area contributed by atoms with Crippen molar-refractivity contribution in [3.8, 4) is 0 Å². The van der Waals surface area contributed by atoms with Crippen LogP contribution in [0.4, 0.5) is 5.69 Å². The van der Waals surface area contributed by atoms with Crippen molar-refractivity contribution in [1.82, 2.24) is 9.97 Å². The highest BCUT2D eigenvalue weighted by molar-refractivity contribution is 9.10. The fourth-order valence-corrected chi connectivity index (χ4v) is 2.44. The minimum absolute atomic E-state index is 0.218. The van der Waals surface area contributed by atoms with Gasteiger partial charge in [-0.3, -0.25) is 9.78 Å². The van der Waals surface area contributed by atoms with Crippen molar-refractivity contribution in [3.63, 3.8) is 0 Å². The third kappa shape index (κ3) is 2.89. The third-order valence-electron chi connectivity index (χ3n) is 2.94. The molecule has 0 spiro atoms. The van der Waals surface area contributed by atoms with E-state index in [1.54, 1.807) is 30.5 Å².